The van der Waals surface area contributed by atoms with Gasteiger partial charge in [-0.1, -0.05) is 12.1 Å². The van der Waals surface area contributed by atoms with Crippen molar-refractivity contribution in [2.75, 3.05) is 11.1 Å². The fourth-order valence-corrected chi connectivity index (χ4v) is 2.30. The number of nitrogens with one attached hydrogen (secondary N) is 2. The third-order valence-electron chi connectivity index (χ3n) is 2.49. The van der Waals surface area contributed by atoms with Crippen molar-refractivity contribution in [3.8, 4) is 0 Å². The van der Waals surface area contributed by atoms with E-state index < -0.39 is 5.97 Å². The number of carboxylic acid groups (broad SMARTS) is 1. The predicted molar refractivity (Wildman–Crippen MR) is 76.7 cm³/mol. The molecule has 110 valence electrons. The summed E-state index contributed by atoms with van der Waals surface area (Å²) in [7, 11) is 0. The fraction of sp³-hybridized carbons (Fsp3) is 0.154. The van der Waals surface area contributed by atoms with Gasteiger partial charge in [0.15, 0.2) is 5.82 Å². The molecule has 1 heterocycles. The lowest BCUT2D eigenvalue weighted by Crippen LogP contribution is -2.14. The first-order chi connectivity index (χ1) is 10.0. The quantitative estimate of drug-likeness (QED) is 0.759. The van der Waals surface area contributed by atoms with Gasteiger partial charge >= 0.3 is 5.97 Å². The van der Waals surface area contributed by atoms with Crippen molar-refractivity contribution in [3.63, 3.8) is 0 Å². The fourth-order valence-electron chi connectivity index (χ4n) is 1.52. The van der Waals surface area contributed by atoms with Crippen LogP contribution in [0.4, 0.5) is 10.2 Å². The molecule has 8 heteroatoms. The van der Waals surface area contributed by atoms with Crippen molar-refractivity contribution in [1.29, 1.82) is 0 Å². The molecule has 0 unspecified atom stereocenters. The lowest BCUT2D eigenvalue weighted by atomic mass is 10.2. The molecule has 2 aromatic rings. The van der Waals surface area contributed by atoms with E-state index in [9.17, 15) is 14.0 Å². The third kappa shape index (κ3) is 4.60. The Bertz CT molecular complexity index is 642. The summed E-state index contributed by atoms with van der Waals surface area (Å²) in [5.41, 5.74) is 0.825. The molecular formula is C13H12FN3O3S. The molecule has 0 saturated heterocycles. The number of halogens is 1. The van der Waals surface area contributed by atoms with Gasteiger partial charge in [-0.05, 0) is 17.7 Å². The summed E-state index contributed by atoms with van der Waals surface area (Å²) in [5.74, 6) is -0.797. The molecule has 0 spiro atoms. The van der Waals surface area contributed by atoms with Crippen LogP contribution in [0.3, 0.4) is 0 Å². The topological polar surface area (TPSA) is 95.1 Å². The van der Waals surface area contributed by atoms with Crippen molar-refractivity contribution in [2.45, 2.75) is 5.75 Å². The van der Waals surface area contributed by atoms with E-state index in [0.29, 0.717) is 5.75 Å². The van der Waals surface area contributed by atoms with E-state index in [1.54, 1.807) is 12.1 Å². The monoisotopic (exact) mass is 309 g/mol. The Morgan fingerprint density at radius 2 is 2.05 bits per heavy atom. The van der Waals surface area contributed by atoms with Crippen LogP contribution in [-0.2, 0) is 10.5 Å². The zero-order chi connectivity index (χ0) is 15.2. The molecule has 0 radical (unpaired) electrons. The molecule has 1 amide bonds. The van der Waals surface area contributed by atoms with E-state index in [0.717, 1.165) is 5.56 Å². The molecule has 1 aromatic carbocycles. The highest BCUT2D eigenvalue weighted by atomic mass is 32.2. The number of rotatable bonds is 6. The maximum Gasteiger partial charge on any atom is 0.353 e. The second kappa shape index (κ2) is 6.89. The lowest BCUT2D eigenvalue weighted by Gasteiger charge is -2.02. The lowest BCUT2D eigenvalue weighted by molar-refractivity contribution is -0.113. The first-order valence-corrected chi connectivity index (χ1v) is 7.11. The van der Waals surface area contributed by atoms with Gasteiger partial charge < -0.3 is 10.4 Å². The van der Waals surface area contributed by atoms with Crippen molar-refractivity contribution >= 4 is 29.5 Å². The first kappa shape index (κ1) is 15.0. The highest BCUT2D eigenvalue weighted by molar-refractivity contribution is 7.99. The normalized spacial score (nSPS) is 10.3. The Kier molecular flexibility index (Phi) is 4.94. The standard InChI is InChI=1S/C13H12FN3O3S/c14-9-3-1-8(2-4-9)6-21-7-12(18)15-11-5-10(13(19)20)16-17-11/h1-5H,6-7H2,(H,19,20)(H2,15,16,17,18). The van der Waals surface area contributed by atoms with Gasteiger partial charge in [-0.2, -0.15) is 5.10 Å². The summed E-state index contributed by atoms with van der Waals surface area (Å²) >= 11 is 1.36. The Labute approximate surface area is 123 Å². The molecular weight excluding hydrogens is 297 g/mol. The summed E-state index contributed by atoms with van der Waals surface area (Å²) < 4.78 is 12.7. The second-order valence-electron chi connectivity index (χ2n) is 4.14. The van der Waals surface area contributed by atoms with Crippen LogP contribution >= 0.6 is 11.8 Å². The van der Waals surface area contributed by atoms with E-state index in [1.807, 2.05) is 0 Å². The summed E-state index contributed by atoms with van der Waals surface area (Å²) in [6.45, 7) is 0. The van der Waals surface area contributed by atoms with Crippen LogP contribution in [-0.4, -0.2) is 32.9 Å². The van der Waals surface area contributed by atoms with Crippen LogP contribution in [0.5, 0.6) is 0 Å². The van der Waals surface area contributed by atoms with Gasteiger partial charge in [-0.25, -0.2) is 9.18 Å². The third-order valence-corrected chi connectivity index (χ3v) is 3.49. The van der Waals surface area contributed by atoms with Gasteiger partial charge in [-0.15, -0.1) is 11.8 Å². The predicted octanol–water partition coefficient (Wildman–Crippen LogP) is 2.12. The molecule has 0 aliphatic carbocycles. The second-order valence-corrected chi connectivity index (χ2v) is 5.13. The number of aromatic carboxylic acids is 1. The summed E-state index contributed by atoms with van der Waals surface area (Å²) in [4.78, 5) is 22.3. The molecule has 0 saturated carbocycles. The largest absolute Gasteiger partial charge is 0.477 e. The van der Waals surface area contributed by atoms with Crippen molar-refractivity contribution in [2.24, 2.45) is 0 Å². The minimum Gasteiger partial charge on any atom is -0.477 e. The first-order valence-electron chi connectivity index (χ1n) is 5.95. The van der Waals surface area contributed by atoms with E-state index in [4.69, 9.17) is 5.11 Å². The van der Waals surface area contributed by atoms with E-state index in [2.05, 4.69) is 15.5 Å². The number of carbonyl (C=O) groups is 2. The average molecular weight is 309 g/mol. The average Bonchev–Trinajstić information content (AvgIpc) is 2.90. The minimum atomic E-state index is -1.14. The maximum atomic E-state index is 12.7. The van der Waals surface area contributed by atoms with Crippen LogP contribution in [0.1, 0.15) is 16.1 Å². The number of aromatic amines is 1. The molecule has 0 fully saturated rings. The summed E-state index contributed by atoms with van der Waals surface area (Å²) in [5, 5.41) is 17.1. The Morgan fingerprint density at radius 3 is 2.67 bits per heavy atom. The molecule has 3 N–H and O–H groups in total. The van der Waals surface area contributed by atoms with Gasteiger partial charge in [-0.3, -0.25) is 9.89 Å². The zero-order valence-corrected chi connectivity index (χ0v) is 11.6. The van der Waals surface area contributed by atoms with Crippen molar-refractivity contribution < 1.29 is 19.1 Å². The number of benzene rings is 1. The number of carboxylic acids is 1. The number of hydrogen-bond donors (Lipinski definition) is 3. The highest BCUT2D eigenvalue weighted by Gasteiger charge is 2.10. The number of aromatic nitrogens is 2. The Morgan fingerprint density at radius 1 is 1.33 bits per heavy atom. The number of carbonyl (C=O) groups excluding carboxylic acids is 1. The highest BCUT2D eigenvalue weighted by Crippen LogP contribution is 2.13. The zero-order valence-electron chi connectivity index (χ0n) is 10.8. The van der Waals surface area contributed by atoms with E-state index >= 15 is 0 Å². The number of nitrogens with zero attached hydrogens (tertiary/aromatic N) is 1. The Balaban J connectivity index is 1.76. The number of thioether (sulfide) groups is 1. The summed E-state index contributed by atoms with van der Waals surface area (Å²) in [6, 6.07) is 7.30. The number of amides is 1. The van der Waals surface area contributed by atoms with E-state index in [1.165, 1.54) is 30.0 Å². The molecule has 21 heavy (non-hydrogen) atoms. The molecule has 1 aromatic heterocycles. The molecule has 0 bridgehead atoms. The SMILES string of the molecule is O=C(CSCc1ccc(F)cc1)Nc1cc(C(=O)O)[nH]n1. The van der Waals surface area contributed by atoms with Gasteiger partial charge in [0, 0.05) is 11.8 Å². The van der Waals surface area contributed by atoms with Crippen LogP contribution in [0.25, 0.3) is 0 Å². The van der Waals surface area contributed by atoms with Gasteiger partial charge in [0.05, 0.1) is 5.75 Å². The Hall–Kier alpha value is -2.35. The van der Waals surface area contributed by atoms with E-state index in [-0.39, 0.29) is 29.0 Å². The number of anilines is 1. The minimum absolute atomic E-state index is 0.0933. The smallest absolute Gasteiger partial charge is 0.353 e. The molecule has 2 rings (SSSR count). The number of hydrogen-bond acceptors (Lipinski definition) is 4. The maximum absolute atomic E-state index is 12.7. The number of H-pyrrole nitrogens is 1. The van der Waals surface area contributed by atoms with Crippen molar-refractivity contribution in [1.82, 2.24) is 10.2 Å². The van der Waals surface area contributed by atoms with Crippen LogP contribution in [0.2, 0.25) is 0 Å². The van der Waals surface area contributed by atoms with Gasteiger partial charge in [0.1, 0.15) is 11.5 Å². The van der Waals surface area contributed by atoms with Gasteiger partial charge in [0.25, 0.3) is 0 Å². The molecule has 0 aliphatic heterocycles. The molecule has 0 aliphatic rings. The summed E-state index contributed by atoms with van der Waals surface area (Å²) in [6.07, 6.45) is 0. The van der Waals surface area contributed by atoms with Crippen LogP contribution in [0, 0.1) is 5.82 Å². The van der Waals surface area contributed by atoms with Crippen molar-refractivity contribution in [3.05, 3.63) is 47.4 Å². The molecule has 0 atom stereocenters. The van der Waals surface area contributed by atoms with Crippen LogP contribution in [0.15, 0.2) is 30.3 Å². The molecule has 6 nitrogen and oxygen atoms in total. The van der Waals surface area contributed by atoms with Crippen LogP contribution < -0.4 is 5.32 Å². The van der Waals surface area contributed by atoms with Gasteiger partial charge in [0.2, 0.25) is 5.91 Å².